The van der Waals surface area contributed by atoms with Crippen LogP contribution in [0.15, 0.2) is 83.0 Å². The van der Waals surface area contributed by atoms with E-state index in [1.165, 1.54) is 33.4 Å². The van der Waals surface area contributed by atoms with Gasteiger partial charge >= 0.3 is 0 Å². The van der Waals surface area contributed by atoms with Crippen LogP contribution in [-0.4, -0.2) is 18.4 Å². The first-order valence-corrected chi connectivity index (χ1v) is 14.1. The van der Waals surface area contributed by atoms with Gasteiger partial charge in [-0.3, -0.25) is 0 Å². The van der Waals surface area contributed by atoms with Gasteiger partial charge in [0.25, 0.3) is 0 Å². The number of aliphatic hydroxyl groups is 1. The minimum Gasteiger partial charge on any atom is -0.385 e. The molecular weight excluding hydrogens is 380 g/mol. The Balaban J connectivity index is 1.86. The number of hydrogen-bond acceptors (Lipinski definition) is 1. The number of rotatable bonds is 4. The van der Waals surface area contributed by atoms with Crippen molar-refractivity contribution in [3.63, 3.8) is 0 Å². The number of allylic oxidation sites excluding steroid dienone is 4. The zero-order chi connectivity index (χ0) is 21.8. The van der Waals surface area contributed by atoms with Gasteiger partial charge in [-0.05, 0) is 72.3 Å². The number of fused-ring (bicyclic) bond motifs is 1. The summed E-state index contributed by atoms with van der Waals surface area (Å²) >= 11 is 0. The molecule has 2 atom stereocenters. The summed E-state index contributed by atoms with van der Waals surface area (Å²) in [5.74, 6) is 0.331. The Morgan fingerprint density at radius 3 is 1.97 bits per heavy atom. The molecule has 0 radical (unpaired) electrons. The summed E-state index contributed by atoms with van der Waals surface area (Å²) in [5.41, 5.74) is 10.6. The van der Waals surface area contributed by atoms with Gasteiger partial charge in [0.1, 0.15) is 8.07 Å². The summed E-state index contributed by atoms with van der Waals surface area (Å²) in [7, 11) is -2.25. The van der Waals surface area contributed by atoms with Gasteiger partial charge in [0.05, 0.1) is 5.22 Å². The van der Waals surface area contributed by atoms with Crippen LogP contribution in [0.25, 0.3) is 5.57 Å². The van der Waals surface area contributed by atoms with E-state index in [-0.39, 0.29) is 5.54 Å². The Labute approximate surface area is 182 Å². The van der Waals surface area contributed by atoms with Crippen molar-refractivity contribution in [1.29, 1.82) is 0 Å². The lowest BCUT2D eigenvalue weighted by atomic mass is 9.89. The van der Waals surface area contributed by atoms with Crippen LogP contribution >= 0.6 is 0 Å². The molecule has 2 aliphatic carbocycles. The largest absolute Gasteiger partial charge is 0.385 e. The van der Waals surface area contributed by atoms with Crippen molar-refractivity contribution in [2.75, 3.05) is 0 Å². The molecule has 0 amide bonds. The molecule has 0 heterocycles. The van der Waals surface area contributed by atoms with E-state index in [0.717, 1.165) is 11.1 Å². The Morgan fingerprint density at radius 1 is 0.833 bits per heavy atom. The molecule has 1 nitrogen and oxygen atoms in total. The second-order valence-corrected chi connectivity index (χ2v) is 14.5. The first-order chi connectivity index (χ1) is 14.1. The van der Waals surface area contributed by atoms with Gasteiger partial charge < -0.3 is 5.11 Å². The molecule has 1 N–H and O–H groups in total. The highest BCUT2D eigenvalue weighted by Gasteiger charge is 2.56. The molecule has 0 saturated heterocycles. The van der Waals surface area contributed by atoms with Crippen LogP contribution in [-0.2, 0) is 0 Å². The molecule has 0 saturated carbocycles. The Kier molecular flexibility index (Phi) is 5.07. The highest BCUT2D eigenvalue weighted by Crippen LogP contribution is 2.54. The van der Waals surface area contributed by atoms with Crippen molar-refractivity contribution in [2.24, 2.45) is 0 Å². The van der Waals surface area contributed by atoms with Gasteiger partial charge in [-0.15, -0.1) is 0 Å². The van der Waals surface area contributed by atoms with Crippen LogP contribution in [0.4, 0.5) is 0 Å². The van der Waals surface area contributed by atoms with Gasteiger partial charge in [0, 0.05) is 11.5 Å². The predicted molar refractivity (Wildman–Crippen MR) is 131 cm³/mol. The third kappa shape index (κ3) is 2.77. The average molecular weight is 415 g/mol. The standard InChI is InChI=1S/C28H34OSi/c1-18-19(2)22(5)28(29,21(18)4)30(6,7)27-17-26(24-15-11-12-16-25(24)27)20(3)23-13-9-8-10-14-23/h8-17,20,27,29H,1-7H3. The first kappa shape index (κ1) is 21.1. The first-order valence-electron chi connectivity index (χ1n) is 11.1. The van der Waals surface area contributed by atoms with E-state index in [4.69, 9.17) is 0 Å². The SMILES string of the molecule is CC1=C(C)C(O)([Si](C)(C)C2C=C(C(C)c3ccccc3)c3ccccc32)C(C)=C1C. The summed E-state index contributed by atoms with van der Waals surface area (Å²) in [6.45, 7) is 15.7. The van der Waals surface area contributed by atoms with Crippen LogP contribution in [0, 0.1) is 0 Å². The molecule has 0 aliphatic heterocycles. The van der Waals surface area contributed by atoms with E-state index in [2.05, 4.69) is 108 Å². The summed E-state index contributed by atoms with van der Waals surface area (Å²) in [6, 6.07) is 19.6. The summed E-state index contributed by atoms with van der Waals surface area (Å²) in [6.07, 6.45) is 2.50. The number of hydrogen-bond donors (Lipinski definition) is 1. The Bertz CT molecular complexity index is 1060. The third-order valence-electron chi connectivity index (χ3n) is 8.20. The zero-order valence-corrected chi connectivity index (χ0v) is 20.4. The van der Waals surface area contributed by atoms with Crippen molar-refractivity contribution < 1.29 is 5.11 Å². The van der Waals surface area contributed by atoms with Crippen LogP contribution in [0.3, 0.4) is 0 Å². The summed E-state index contributed by atoms with van der Waals surface area (Å²) < 4.78 is 0. The molecule has 0 bridgehead atoms. The third-order valence-corrected chi connectivity index (χ3v) is 12.8. The topological polar surface area (TPSA) is 20.2 Å². The lowest BCUT2D eigenvalue weighted by molar-refractivity contribution is 0.191. The molecule has 156 valence electrons. The fraction of sp³-hybridized carbons (Fsp3) is 0.357. The molecule has 2 aromatic carbocycles. The minimum atomic E-state index is -2.25. The van der Waals surface area contributed by atoms with E-state index in [9.17, 15) is 5.11 Å². The molecule has 30 heavy (non-hydrogen) atoms. The van der Waals surface area contributed by atoms with Gasteiger partial charge in [0.2, 0.25) is 0 Å². The molecule has 0 aromatic heterocycles. The van der Waals surface area contributed by atoms with Crippen LogP contribution in [0.1, 0.15) is 62.8 Å². The normalized spacial score (nSPS) is 21.7. The smallest absolute Gasteiger partial charge is 0.107 e. The van der Waals surface area contributed by atoms with E-state index in [1.807, 2.05) is 0 Å². The molecule has 2 unspecified atom stereocenters. The summed E-state index contributed by atoms with van der Waals surface area (Å²) in [4.78, 5) is 0. The van der Waals surface area contributed by atoms with Gasteiger partial charge in [-0.1, -0.05) is 80.7 Å². The maximum absolute atomic E-state index is 12.2. The predicted octanol–water partition coefficient (Wildman–Crippen LogP) is 7.18. The average Bonchev–Trinajstić information content (AvgIpc) is 3.22. The van der Waals surface area contributed by atoms with E-state index < -0.39 is 13.3 Å². The molecule has 0 fully saturated rings. The van der Waals surface area contributed by atoms with Gasteiger partial charge in [0.15, 0.2) is 0 Å². The van der Waals surface area contributed by atoms with E-state index in [1.54, 1.807) is 0 Å². The lowest BCUT2D eigenvalue weighted by Gasteiger charge is -2.45. The molecule has 2 aromatic rings. The van der Waals surface area contributed by atoms with Gasteiger partial charge in [-0.25, -0.2) is 0 Å². The fourth-order valence-corrected chi connectivity index (χ4v) is 10.2. The van der Waals surface area contributed by atoms with Crippen LogP contribution in [0.5, 0.6) is 0 Å². The highest BCUT2D eigenvalue weighted by atomic mass is 28.3. The van der Waals surface area contributed by atoms with E-state index in [0.29, 0.717) is 5.92 Å². The lowest BCUT2D eigenvalue weighted by Crippen LogP contribution is -2.58. The second kappa shape index (κ2) is 7.21. The molecule has 0 spiro atoms. The maximum atomic E-state index is 12.2. The minimum absolute atomic E-state index is 0.281. The monoisotopic (exact) mass is 414 g/mol. The zero-order valence-electron chi connectivity index (χ0n) is 19.4. The van der Waals surface area contributed by atoms with Crippen molar-refractivity contribution in [3.05, 3.63) is 99.7 Å². The number of benzene rings is 2. The maximum Gasteiger partial charge on any atom is 0.107 e. The molecule has 4 rings (SSSR count). The second-order valence-electron chi connectivity index (χ2n) is 9.75. The Morgan fingerprint density at radius 2 is 1.37 bits per heavy atom. The van der Waals surface area contributed by atoms with Crippen molar-refractivity contribution >= 4 is 13.6 Å². The molecule has 2 aliphatic rings. The quantitative estimate of drug-likeness (QED) is 0.526. The Hall–Kier alpha value is -2.16. The van der Waals surface area contributed by atoms with Crippen molar-refractivity contribution in [2.45, 2.75) is 64.4 Å². The van der Waals surface area contributed by atoms with Crippen molar-refractivity contribution in [1.82, 2.24) is 0 Å². The highest BCUT2D eigenvalue weighted by molar-refractivity contribution is 6.83. The van der Waals surface area contributed by atoms with Gasteiger partial charge in [-0.2, -0.15) is 0 Å². The molecular formula is C28H34OSi. The fourth-order valence-electron chi connectivity index (χ4n) is 5.86. The van der Waals surface area contributed by atoms with Crippen LogP contribution in [0.2, 0.25) is 13.1 Å². The van der Waals surface area contributed by atoms with E-state index >= 15 is 0 Å². The van der Waals surface area contributed by atoms with Crippen LogP contribution < -0.4 is 0 Å². The summed E-state index contributed by atoms with van der Waals surface area (Å²) in [5, 5.41) is 11.4. The molecule has 2 heteroatoms. The van der Waals surface area contributed by atoms with Crippen molar-refractivity contribution in [3.8, 4) is 0 Å².